The van der Waals surface area contributed by atoms with Crippen molar-refractivity contribution in [3.8, 4) is 78.7 Å². The molecule has 0 radical (unpaired) electrons. The minimum Gasteiger partial charge on any atom is -0.243 e. The van der Waals surface area contributed by atoms with Crippen LogP contribution < -0.4 is 0 Å². The number of aromatic nitrogens is 5. The molecule has 0 aliphatic heterocycles. The molecule has 8 aromatic carbocycles. The van der Waals surface area contributed by atoms with E-state index in [-0.39, 0.29) is 0 Å². The van der Waals surface area contributed by atoms with Gasteiger partial charge in [-0.15, -0.1) is 11.3 Å². The first-order valence-electron chi connectivity index (χ1n) is 19.6. The van der Waals surface area contributed by atoms with Crippen molar-refractivity contribution in [2.24, 2.45) is 0 Å². The smallest absolute Gasteiger partial charge is 0.164 e. The van der Waals surface area contributed by atoms with Gasteiger partial charge in [0.05, 0.1) is 11.0 Å². The van der Waals surface area contributed by atoms with E-state index in [2.05, 4.69) is 164 Å². The zero-order chi connectivity index (χ0) is 39.1. The lowest BCUT2D eigenvalue weighted by Gasteiger charge is -2.10. The van der Waals surface area contributed by atoms with Gasteiger partial charge in [-0.3, -0.25) is 0 Å². The molecule has 0 amide bonds. The molecule has 0 saturated carbocycles. The fourth-order valence-corrected chi connectivity index (χ4v) is 8.68. The highest BCUT2D eigenvalue weighted by atomic mass is 32.1. The lowest BCUT2D eigenvalue weighted by molar-refractivity contribution is 1.07. The van der Waals surface area contributed by atoms with E-state index in [4.69, 9.17) is 24.9 Å². The number of hydrogen-bond acceptors (Lipinski definition) is 6. The molecule has 59 heavy (non-hydrogen) atoms. The van der Waals surface area contributed by atoms with Crippen LogP contribution in [0.4, 0.5) is 0 Å². The summed E-state index contributed by atoms with van der Waals surface area (Å²) in [7, 11) is 0. The maximum atomic E-state index is 5.06. The largest absolute Gasteiger partial charge is 0.243 e. The first-order valence-corrected chi connectivity index (χ1v) is 20.4. The van der Waals surface area contributed by atoms with Gasteiger partial charge in [0.25, 0.3) is 0 Å². The summed E-state index contributed by atoms with van der Waals surface area (Å²) in [4.78, 5) is 25.9. The number of benzene rings is 8. The molecule has 0 aliphatic rings. The summed E-state index contributed by atoms with van der Waals surface area (Å²) in [5.41, 5.74) is 14.7. The molecule has 11 rings (SSSR count). The molecule has 11 aromatic rings. The Morgan fingerprint density at radius 3 is 1.25 bits per heavy atom. The Morgan fingerprint density at radius 2 is 0.678 bits per heavy atom. The predicted octanol–water partition coefficient (Wildman–Crippen LogP) is 13.9. The molecule has 276 valence electrons. The first-order chi connectivity index (χ1) is 29.2. The van der Waals surface area contributed by atoms with Gasteiger partial charge in [-0.05, 0) is 68.8 Å². The van der Waals surface area contributed by atoms with Gasteiger partial charge in [-0.1, -0.05) is 176 Å². The summed E-state index contributed by atoms with van der Waals surface area (Å²) in [6, 6.07) is 69.6. The average Bonchev–Trinajstić information content (AvgIpc) is 3.68. The second-order valence-corrected chi connectivity index (χ2v) is 15.6. The standard InChI is InChI=1S/C53H33N5S/c1-3-10-34(11-4-1)35-22-26-40(27-23-35)51-56-50(39-12-5-2-6-13-39)57-52(58-51)41-28-24-37(25-29-41)43-15-9-14-42(32-43)36-18-20-38(21-19-36)44-30-31-46-47(33-44)54-49-45-16-7-8-17-48(45)59-53(49)55-46/h1-33H. The zero-order valence-corrected chi connectivity index (χ0v) is 32.5. The van der Waals surface area contributed by atoms with Crippen LogP contribution >= 0.6 is 11.3 Å². The van der Waals surface area contributed by atoms with Crippen LogP contribution in [0, 0.1) is 0 Å². The van der Waals surface area contributed by atoms with E-state index < -0.39 is 0 Å². The van der Waals surface area contributed by atoms with Crippen LogP contribution in [0.3, 0.4) is 0 Å². The van der Waals surface area contributed by atoms with Crippen molar-refractivity contribution in [3.05, 3.63) is 200 Å². The van der Waals surface area contributed by atoms with Gasteiger partial charge in [0.1, 0.15) is 10.3 Å². The van der Waals surface area contributed by atoms with Crippen LogP contribution in [0.2, 0.25) is 0 Å². The molecule has 0 spiro atoms. The molecule has 0 N–H and O–H groups in total. The molecule has 3 heterocycles. The predicted molar refractivity (Wildman–Crippen MR) is 244 cm³/mol. The molecule has 0 bridgehead atoms. The average molecular weight is 772 g/mol. The SMILES string of the molecule is c1ccc(-c2ccc(-c3nc(-c4ccccc4)nc(-c4ccc(-c5cccc(-c6ccc(-c7ccc8nc9sc%10ccccc%10c9nc8c7)cc6)c5)cc4)n3)cc2)cc1. The highest BCUT2D eigenvalue weighted by Gasteiger charge is 2.14. The Hall–Kier alpha value is -7.67. The Bertz CT molecular complexity index is 3290. The van der Waals surface area contributed by atoms with Crippen molar-refractivity contribution in [2.45, 2.75) is 0 Å². The Kier molecular flexibility index (Phi) is 8.60. The minimum atomic E-state index is 0.632. The maximum Gasteiger partial charge on any atom is 0.164 e. The Balaban J connectivity index is 0.866. The molecule has 0 unspecified atom stereocenters. The summed E-state index contributed by atoms with van der Waals surface area (Å²) in [6.45, 7) is 0. The number of hydrogen-bond donors (Lipinski definition) is 0. The number of rotatable bonds is 7. The Morgan fingerprint density at radius 1 is 0.271 bits per heavy atom. The first kappa shape index (κ1) is 34.6. The Labute approximate surface area is 345 Å². The van der Waals surface area contributed by atoms with E-state index in [0.717, 1.165) is 82.4 Å². The third kappa shape index (κ3) is 6.71. The monoisotopic (exact) mass is 771 g/mol. The van der Waals surface area contributed by atoms with Gasteiger partial charge in [0.2, 0.25) is 0 Å². The van der Waals surface area contributed by atoms with Gasteiger partial charge in [-0.2, -0.15) is 0 Å². The summed E-state index contributed by atoms with van der Waals surface area (Å²) in [5.74, 6) is 1.91. The van der Waals surface area contributed by atoms with Crippen molar-refractivity contribution < 1.29 is 0 Å². The van der Waals surface area contributed by atoms with Crippen LogP contribution in [0.5, 0.6) is 0 Å². The van der Waals surface area contributed by atoms with Crippen LogP contribution in [-0.2, 0) is 0 Å². The maximum absolute atomic E-state index is 5.06. The van der Waals surface area contributed by atoms with Crippen LogP contribution in [-0.4, -0.2) is 24.9 Å². The fourth-order valence-electron chi connectivity index (χ4n) is 7.66. The summed E-state index contributed by atoms with van der Waals surface area (Å²) >= 11 is 1.69. The minimum absolute atomic E-state index is 0.632. The molecular weight excluding hydrogens is 739 g/mol. The molecule has 6 heteroatoms. The van der Waals surface area contributed by atoms with E-state index in [1.807, 2.05) is 36.4 Å². The van der Waals surface area contributed by atoms with Crippen molar-refractivity contribution in [2.75, 3.05) is 0 Å². The van der Waals surface area contributed by atoms with Crippen molar-refractivity contribution in [3.63, 3.8) is 0 Å². The van der Waals surface area contributed by atoms with E-state index >= 15 is 0 Å². The summed E-state index contributed by atoms with van der Waals surface area (Å²) < 4.78 is 1.21. The van der Waals surface area contributed by atoms with E-state index in [0.29, 0.717) is 17.5 Å². The lowest BCUT2D eigenvalue weighted by atomic mass is 9.96. The summed E-state index contributed by atoms with van der Waals surface area (Å²) in [6.07, 6.45) is 0. The molecule has 0 atom stereocenters. The highest BCUT2D eigenvalue weighted by Crippen LogP contribution is 2.35. The summed E-state index contributed by atoms with van der Waals surface area (Å²) in [5, 5.41) is 1.16. The topological polar surface area (TPSA) is 64.5 Å². The van der Waals surface area contributed by atoms with E-state index in [1.54, 1.807) is 11.3 Å². The normalized spacial score (nSPS) is 11.4. The van der Waals surface area contributed by atoms with E-state index in [9.17, 15) is 0 Å². The third-order valence-electron chi connectivity index (χ3n) is 10.8. The second kappa shape index (κ2) is 14.7. The van der Waals surface area contributed by atoms with Gasteiger partial charge in [0, 0.05) is 26.8 Å². The number of fused-ring (bicyclic) bond motifs is 4. The molecule has 0 aliphatic carbocycles. The lowest BCUT2D eigenvalue weighted by Crippen LogP contribution is -2.00. The molecule has 5 nitrogen and oxygen atoms in total. The van der Waals surface area contributed by atoms with Crippen molar-refractivity contribution in [1.29, 1.82) is 0 Å². The van der Waals surface area contributed by atoms with Gasteiger partial charge < -0.3 is 0 Å². The van der Waals surface area contributed by atoms with Crippen molar-refractivity contribution in [1.82, 2.24) is 24.9 Å². The molecular formula is C53H33N5S. The van der Waals surface area contributed by atoms with Crippen LogP contribution in [0.1, 0.15) is 0 Å². The van der Waals surface area contributed by atoms with Gasteiger partial charge in [0.15, 0.2) is 17.5 Å². The highest BCUT2D eigenvalue weighted by molar-refractivity contribution is 7.25. The molecule has 0 saturated heterocycles. The fraction of sp³-hybridized carbons (Fsp3) is 0. The quantitative estimate of drug-likeness (QED) is 0.161. The van der Waals surface area contributed by atoms with Gasteiger partial charge >= 0.3 is 0 Å². The second-order valence-electron chi connectivity index (χ2n) is 14.5. The molecule has 0 fully saturated rings. The number of nitrogens with zero attached hydrogens (tertiary/aromatic N) is 5. The zero-order valence-electron chi connectivity index (χ0n) is 31.7. The van der Waals surface area contributed by atoms with Crippen LogP contribution in [0.15, 0.2) is 200 Å². The molecule has 3 aromatic heterocycles. The third-order valence-corrected chi connectivity index (χ3v) is 11.8. The van der Waals surface area contributed by atoms with Crippen molar-refractivity contribution >= 4 is 42.8 Å². The number of thiophene rings is 1. The van der Waals surface area contributed by atoms with E-state index in [1.165, 1.54) is 10.3 Å². The van der Waals surface area contributed by atoms with Gasteiger partial charge in [-0.25, -0.2) is 24.9 Å². The van der Waals surface area contributed by atoms with Crippen LogP contribution in [0.25, 0.3) is 110 Å².